The van der Waals surface area contributed by atoms with Crippen LogP contribution in [0, 0.1) is 5.92 Å². The summed E-state index contributed by atoms with van der Waals surface area (Å²) in [5.41, 5.74) is 0. The summed E-state index contributed by atoms with van der Waals surface area (Å²) >= 11 is 0. The minimum atomic E-state index is -0.205. The number of nitrogens with one attached hydrogen (secondary N) is 1. The molecular formula is C12H21NO2. The third-order valence-corrected chi connectivity index (χ3v) is 3.77. The van der Waals surface area contributed by atoms with Crippen molar-refractivity contribution in [3.63, 3.8) is 0 Å². The second kappa shape index (κ2) is 4.86. The van der Waals surface area contributed by atoms with E-state index in [9.17, 15) is 4.79 Å². The lowest BCUT2D eigenvalue weighted by Gasteiger charge is -2.36. The van der Waals surface area contributed by atoms with Gasteiger partial charge in [-0.2, -0.15) is 0 Å². The molecule has 1 saturated carbocycles. The van der Waals surface area contributed by atoms with E-state index in [1.807, 2.05) is 0 Å². The third kappa shape index (κ3) is 2.64. The Hall–Kier alpha value is -0.730. The van der Waals surface area contributed by atoms with Crippen molar-refractivity contribution in [1.29, 1.82) is 0 Å². The molecule has 3 heteroatoms. The first-order chi connectivity index (χ1) is 7.29. The first-order valence-corrected chi connectivity index (χ1v) is 6.26. The fraction of sp³-hybridized carbons (Fsp3) is 0.917. The highest BCUT2D eigenvalue weighted by molar-refractivity contribution is 5.68. The Morgan fingerprint density at radius 3 is 2.73 bits per heavy atom. The number of carbonyl (C=O) groups is 1. The van der Waals surface area contributed by atoms with E-state index >= 15 is 0 Å². The van der Waals surface area contributed by atoms with Crippen molar-refractivity contribution in [2.75, 3.05) is 0 Å². The van der Waals surface area contributed by atoms with Gasteiger partial charge in [-0.1, -0.05) is 26.2 Å². The molecule has 15 heavy (non-hydrogen) atoms. The number of hydrogen-bond acceptors (Lipinski definition) is 2. The average Bonchev–Trinajstić information content (AvgIpc) is 2.29. The molecule has 0 aromatic heterocycles. The summed E-state index contributed by atoms with van der Waals surface area (Å²) in [5.74, 6) is 0.624. The van der Waals surface area contributed by atoms with E-state index in [2.05, 4.69) is 12.2 Å². The highest BCUT2D eigenvalue weighted by atomic mass is 16.6. The molecule has 2 fully saturated rings. The van der Waals surface area contributed by atoms with Crippen molar-refractivity contribution < 1.29 is 9.53 Å². The Labute approximate surface area is 91.6 Å². The molecule has 1 saturated heterocycles. The highest BCUT2D eigenvalue weighted by Crippen LogP contribution is 2.31. The molecule has 1 aliphatic carbocycles. The molecule has 3 nitrogen and oxygen atoms in total. The van der Waals surface area contributed by atoms with Gasteiger partial charge >= 0.3 is 6.09 Å². The first kappa shape index (κ1) is 10.8. The first-order valence-electron chi connectivity index (χ1n) is 6.26. The van der Waals surface area contributed by atoms with Crippen LogP contribution in [0.4, 0.5) is 4.79 Å². The monoisotopic (exact) mass is 211 g/mol. The molecule has 0 aromatic carbocycles. The zero-order valence-corrected chi connectivity index (χ0v) is 9.50. The summed E-state index contributed by atoms with van der Waals surface area (Å²) in [5, 5.41) is 2.87. The van der Waals surface area contributed by atoms with Crippen LogP contribution in [0.15, 0.2) is 0 Å². The van der Waals surface area contributed by atoms with E-state index in [-0.39, 0.29) is 12.2 Å². The Morgan fingerprint density at radius 1 is 1.33 bits per heavy atom. The highest BCUT2D eigenvalue weighted by Gasteiger charge is 2.33. The normalized spacial score (nSPS) is 33.3. The van der Waals surface area contributed by atoms with Gasteiger partial charge in [0.1, 0.15) is 6.10 Å². The minimum absolute atomic E-state index is 0.184. The lowest BCUT2D eigenvalue weighted by atomic mass is 9.82. The quantitative estimate of drug-likeness (QED) is 0.762. The maximum atomic E-state index is 11.4. The van der Waals surface area contributed by atoms with Gasteiger partial charge in [-0.15, -0.1) is 0 Å². The molecule has 2 aliphatic rings. The summed E-state index contributed by atoms with van der Waals surface area (Å²) in [6.45, 7) is 2.12. The largest absolute Gasteiger partial charge is 0.446 e. The lowest BCUT2D eigenvalue weighted by molar-refractivity contribution is 0.0134. The van der Waals surface area contributed by atoms with Crippen molar-refractivity contribution in [3.8, 4) is 0 Å². The second-order valence-electron chi connectivity index (χ2n) is 4.83. The number of carbonyl (C=O) groups excluding carboxylic acids is 1. The van der Waals surface area contributed by atoms with Crippen LogP contribution in [-0.2, 0) is 4.74 Å². The number of alkyl carbamates (subject to hydrolysis) is 1. The Kier molecular flexibility index (Phi) is 3.49. The van der Waals surface area contributed by atoms with Crippen LogP contribution >= 0.6 is 0 Å². The van der Waals surface area contributed by atoms with Gasteiger partial charge in [0, 0.05) is 12.5 Å². The molecule has 1 heterocycles. The van der Waals surface area contributed by atoms with Crippen molar-refractivity contribution in [3.05, 3.63) is 0 Å². The molecule has 2 atom stereocenters. The van der Waals surface area contributed by atoms with Gasteiger partial charge in [0.15, 0.2) is 0 Å². The molecule has 86 valence electrons. The van der Waals surface area contributed by atoms with Gasteiger partial charge in [-0.25, -0.2) is 4.79 Å². The summed E-state index contributed by atoms with van der Waals surface area (Å²) in [6, 6.07) is 0.332. The number of ether oxygens (including phenoxy) is 1. The van der Waals surface area contributed by atoms with Gasteiger partial charge in [-0.3, -0.25) is 0 Å². The molecule has 0 unspecified atom stereocenters. The van der Waals surface area contributed by atoms with E-state index in [4.69, 9.17) is 4.74 Å². The summed E-state index contributed by atoms with van der Waals surface area (Å²) in [4.78, 5) is 11.4. The van der Waals surface area contributed by atoms with Crippen LogP contribution in [0.2, 0.25) is 0 Å². The number of amides is 1. The van der Waals surface area contributed by atoms with E-state index in [0.717, 1.165) is 12.8 Å². The van der Waals surface area contributed by atoms with Gasteiger partial charge in [0.05, 0.1) is 0 Å². The molecule has 0 bridgehead atoms. The molecule has 0 aromatic rings. The minimum Gasteiger partial charge on any atom is -0.446 e. The maximum absolute atomic E-state index is 11.4. The average molecular weight is 211 g/mol. The molecule has 1 aliphatic heterocycles. The van der Waals surface area contributed by atoms with E-state index in [0.29, 0.717) is 12.0 Å². The SMILES string of the molecule is CC[C@H]1C[C@@H](C2CCCCC2)OC(=O)N1. The molecular weight excluding hydrogens is 190 g/mol. The lowest BCUT2D eigenvalue weighted by Crippen LogP contribution is -2.47. The van der Waals surface area contributed by atoms with Gasteiger partial charge in [0.2, 0.25) is 0 Å². The summed E-state index contributed by atoms with van der Waals surface area (Å²) in [7, 11) is 0. The van der Waals surface area contributed by atoms with Crippen molar-refractivity contribution >= 4 is 6.09 Å². The van der Waals surface area contributed by atoms with Crippen LogP contribution in [0.25, 0.3) is 0 Å². The second-order valence-corrected chi connectivity index (χ2v) is 4.83. The van der Waals surface area contributed by atoms with Crippen LogP contribution in [0.5, 0.6) is 0 Å². The van der Waals surface area contributed by atoms with E-state index < -0.39 is 0 Å². The Morgan fingerprint density at radius 2 is 2.07 bits per heavy atom. The summed E-state index contributed by atoms with van der Waals surface area (Å²) in [6.07, 6.45) is 8.46. The maximum Gasteiger partial charge on any atom is 0.407 e. The van der Waals surface area contributed by atoms with Crippen molar-refractivity contribution in [1.82, 2.24) is 5.32 Å². The van der Waals surface area contributed by atoms with Crippen LogP contribution in [-0.4, -0.2) is 18.2 Å². The molecule has 2 rings (SSSR count). The molecule has 0 spiro atoms. The zero-order valence-electron chi connectivity index (χ0n) is 9.50. The Bertz CT molecular complexity index is 224. The standard InChI is InChI=1S/C12H21NO2/c1-2-10-8-11(15-12(14)13-10)9-6-4-3-5-7-9/h9-11H,2-8H2,1H3,(H,13,14)/t10-,11-/m0/s1. The topological polar surface area (TPSA) is 38.3 Å². The fourth-order valence-corrected chi connectivity index (χ4v) is 2.79. The summed E-state index contributed by atoms with van der Waals surface area (Å²) < 4.78 is 5.41. The third-order valence-electron chi connectivity index (χ3n) is 3.77. The fourth-order valence-electron chi connectivity index (χ4n) is 2.79. The molecule has 1 N–H and O–H groups in total. The van der Waals surface area contributed by atoms with E-state index in [1.165, 1.54) is 32.1 Å². The van der Waals surface area contributed by atoms with E-state index in [1.54, 1.807) is 0 Å². The predicted molar refractivity (Wildman–Crippen MR) is 58.7 cm³/mol. The van der Waals surface area contributed by atoms with Gasteiger partial charge in [0.25, 0.3) is 0 Å². The zero-order chi connectivity index (χ0) is 10.7. The van der Waals surface area contributed by atoms with Gasteiger partial charge in [-0.05, 0) is 25.2 Å². The number of rotatable bonds is 2. The Balaban J connectivity index is 1.92. The van der Waals surface area contributed by atoms with Crippen LogP contribution in [0.1, 0.15) is 51.9 Å². The number of cyclic esters (lactones) is 1. The number of hydrogen-bond donors (Lipinski definition) is 1. The van der Waals surface area contributed by atoms with Crippen LogP contribution in [0.3, 0.4) is 0 Å². The predicted octanol–water partition coefficient (Wildman–Crippen LogP) is 2.84. The molecule has 0 radical (unpaired) electrons. The van der Waals surface area contributed by atoms with Gasteiger partial charge < -0.3 is 10.1 Å². The van der Waals surface area contributed by atoms with Crippen LogP contribution < -0.4 is 5.32 Å². The smallest absolute Gasteiger partial charge is 0.407 e. The molecule has 1 amide bonds. The van der Waals surface area contributed by atoms with Crippen molar-refractivity contribution in [2.45, 2.75) is 64.0 Å². The van der Waals surface area contributed by atoms with Crippen molar-refractivity contribution in [2.24, 2.45) is 5.92 Å².